The largest absolute Gasteiger partial charge is 0.486 e. The van der Waals surface area contributed by atoms with Gasteiger partial charge in [-0.1, -0.05) is 35.9 Å². The summed E-state index contributed by atoms with van der Waals surface area (Å²) in [5.74, 6) is -0.463. The maximum atomic E-state index is 13.7. The van der Waals surface area contributed by atoms with Crippen molar-refractivity contribution in [3.05, 3.63) is 81.2 Å². The minimum atomic E-state index is -0.508. The second-order valence-corrected chi connectivity index (χ2v) is 7.15. The fourth-order valence-corrected chi connectivity index (χ4v) is 3.59. The summed E-state index contributed by atoms with van der Waals surface area (Å²) in [7, 11) is 0. The van der Waals surface area contributed by atoms with Crippen LogP contribution in [0.3, 0.4) is 0 Å². The molecule has 0 radical (unpaired) electrons. The minimum absolute atomic E-state index is 0.0104. The number of rotatable bonds is 6. The van der Waals surface area contributed by atoms with E-state index in [9.17, 15) is 14.0 Å². The van der Waals surface area contributed by atoms with E-state index in [1.807, 2.05) is 0 Å². The molecule has 0 bridgehead atoms. The maximum Gasteiger partial charge on any atom is 0.329 e. The molecule has 1 saturated heterocycles. The monoisotopic (exact) mass is 464 g/mol. The molecule has 0 atom stereocenters. The minimum Gasteiger partial charge on any atom is -0.486 e. The van der Waals surface area contributed by atoms with Crippen LogP contribution in [-0.2, 0) is 11.4 Å². The molecule has 0 spiro atoms. The van der Waals surface area contributed by atoms with Gasteiger partial charge < -0.3 is 10.1 Å². The summed E-state index contributed by atoms with van der Waals surface area (Å²) < 4.78 is 19.9. The van der Waals surface area contributed by atoms with Crippen LogP contribution < -0.4 is 10.1 Å². The van der Waals surface area contributed by atoms with E-state index < -0.39 is 11.9 Å². The number of nitrogens with zero attached hydrogens (tertiary/aromatic N) is 1. The zero-order chi connectivity index (χ0) is 20.3. The number of carbonyl (C=O) groups excluding carboxylic acids is 2. The van der Waals surface area contributed by atoms with E-state index in [0.717, 1.165) is 4.90 Å². The van der Waals surface area contributed by atoms with E-state index >= 15 is 0 Å². The Hall–Kier alpha value is -2.64. The molecule has 144 valence electrons. The Morgan fingerprint density at radius 3 is 2.71 bits per heavy atom. The van der Waals surface area contributed by atoms with Gasteiger partial charge >= 0.3 is 6.03 Å². The lowest BCUT2D eigenvalue weighted by Crippen LogP contribution is -2.30. The van der Waals surface area contributed by atoms with Crippen molar-refractivity contribution in [1.29, 1.82) is 0 Å². The van der Waals surface area contributed by atoms with Crippen molar-refractivity contribution >= 4 is 45.5 Å². The first-order valence-electron chi connectivity index (χ1n) is 8.21. The van der Waals surface area contributed by atoms with Crippen LogP contribution in [0.4, 0.5) is 9.18 Å². The van der Waals surface area contributed by atoms with E-state index in [0.29, 0.717) is 21.3 Å². The van der Waals surface area contributed by atoms with Gasteiger partial charge in [-0.3, -0.25) is 9.69 Å². The summed E-state index contributed by atoms with van der Waals surface area (Å²) in [5.41, 5.74) is 1.12. The van der Waals surface area contributed by atoms with Gasteiger partial charge in [0.05, 0.1) is 9.50 Å². The highest BCUT2D eigenvalue weighted by molar-refractivity contribution is 9.10. The molecule has 3 rings (SSSR count). The molecule has 28 heavy (non-hydrogen) atoms. The van der Waals surface area contributed by atoms with Crippen molar-refractivity contribution in [2.24, 2.45) is 0 Å². The smallest absolute Gasteiger partial charge is 0.329 e. The Morgan fingerprint density at radius 2 is 2.04 bits per heavy atom. The summed E-state index contributed by atoms with van der Waals surface area (Å²) >= 11 is 9.67. The molecule has 3 amide bonds. The number of carbonyl (C=O) groups is 2. The van der Waals surface area contributed by atoms with E-state index in [1.54, 1.807) is 30.3 Å². The highest BCUT2D eigenvalue weighted by Crippen LogP contribution is 2.36. The molecule has 8 heteroatoms. The van der Waals surface area contributed by atoms with Gasteiger partial charge in [0.15, 0.2) is 5.75 Å². The third-order valence-corrected chi connectivity index (χ3v) is 4.81. The van der Waals surface area contributed by atoms with Gasteiger partial charge in [0.1, 0.15) is 18.1 Å². The normalized spacial score (nSPS) is 15.1. The second-order valence-electron chi connectivity index (χ2n) is 5.89. The van der Waals surface area contributed by atoms with Crippen molar-refractivity contribution in [3.63, 3.8) is 0 Å². The topological polar surface area (TPSA) is 58.6 Å². The van der Waals surface area contributed by atoms with Crippen molar-refractivity contribution in [2.75, 3.05) is 6.54 Å². The third kappa shape index (κ3) is 4.26. The number of hydrogen-bond donors (Lipinski definition) is 1. The summed E-state index contributed by atoms with van der Waals surface area (Å²) in [6.45, 7) is 3.66. The Kier molecular flexibility index (Phi) is 6.16. The van der Waals surface area contributed by atoms with Crippen LogP contribution in [0.15, 0.2) is 59.2 Å². The van der Waals surface area contributed by atoms with Crippen LogP contribution in [0, 0.1) is 5.82 Å². The number of hydrogen-bond acceptors (Lipinski definition) is 3. The fourth-order valence-electron chi connectivity index (χ4n) is 2.60. The third-order valence-electron chi connectivity index (χ3n) is 3.94. The molecule has 1 N–H and O–H groups in total. The number of imide groups is 1. The highest BCUT2D eigenvalue weighted by atomic mass is 79.9. The first kappa shape index (κ1) is 20.1. The van der Waals surface area contributed by atoms with Gasteiger partial charge in [-0.2, -0.15) is 0 Å². The van der Waals surface area contributed by atoms with Crippen LogP contribution in [0.25, 0.3) is 6.08 Å². The molecule has 0 aliphatic carbocycles. The Balaban J connectivity index is 1.80. The lowest BCUT2D eigenvalue weighted by atomic mass is 10.1. The fraction of sp³-hybridized carbons (Fsp3) is 0.100. The molecular weight excluding hydrogens is 451 g/mol. The molecule has 2 aromatic carbocycles. The summed E-state index contributed by atoms with van der Waals surface area (Å²) in [6.07, 6.45) is 2.98. The van der Waals surface area contributed by atoms with Crippen molar-refractivity contribution in [3.8, 4) is 5.75 Å². The number of halogens is 3. The first-order valence-corrected chi connectivity index (χ1v) is 9.38. The molecule has 1 fully saturated rings. The van der Waals surface area contributed by atoms with Gasteiger partial charge in [0.2, 0.25) is 0 Å². The van der Waals surface area contributed by atoms with Crippen LogP contribution in [-0.4, -0.2) is 23.4 Å². The number of ether oxygens (including phenoxy) is 1. The molecule has 0 unspecified atom stereocenters. The molecular formula is C20H15BrClFN2O3. The lowest BCUT2D eigenvalue weighted by Gasteiger charge is -2.12. The van der Waals surface area contributed by atoms with Crippen LogP contribution in [0.1, 0.15) is 11.1 Å². The number of benzene rings is 2. The van der Waals surface area contributed by atoms with E-state index in [1.165, 1.54) is 18.2 Å². The predicted octanol–water partition coefficient (Wildman–Crippen LogP) is 4.90. The van der Waals surface area contributed by atoms with Gasteiger partial charge in [-0.25, -0.2) is 9.18 Å². The zero-order valence-electron chi connectivity index (χ0n) is 14.5. The van der Waals surface area contributed by atoms with Gasteiger partial charge in [-0.15, -0.1) is 6.58 Å². The Labute approximate surface area is 174 Å². The van der Waals surface area contributed by atoms with Crippen molar-refractivity contribution in [2.45, 2.75) is 6.61 Å². The average Bonchev–Trinajstić information content (AvgIpc) is 2.90. The van der Waals surface area contributed by atoms with Crippen LogP contribution in [0.2, 0.25) is 5.02 Å². The van der Waals surface area contributed by atoms with Crippen LogP contribution >= 0.6 is 27.5 Å². The molecule has 1 heterocycles. The summed E-state index contributed by atoms with van der Waals surface area (Å²) in [6, 6.07) is 9.06. The summed E-state index contributed by atoms with van der Waals surface area (Å²) in [4.78, 5) is 25.1. The van der Waals surface area contributed by atoms with Crippen molar-refractivity contribution < 1.29 is 18.7 Å². The quantitative estimate of drug-likeness (QED) is 0.375. The standard InChI is InChI=1S/C20H15BrClFN2O3/c1-2-7-25-19(26)17(24-20(25)27)10-12-8-14(21)18(15(22)9-12)28-11-13-5-3-4-6-16(13)23/h2-6,8-10H,1,7,11H2,(H,24,27)/b17-10+. The number of nitrogens with one attached hydrogen (secondary N) is 1. The molecule has 1 aliphatic heterocycles. The lowest BCUT2D eigenvalue weighted by molar-refractivity contribution is -0.122. The average molecular weight is 466 g/mol. The molecule has 5 nitrogen and oxygen atoms in total. The number of amides is 3. The van der Waals surface area contributed by atoms with E-state index in [-0.39, 0.29) is 29.7 Å². The maximum absolute atomic E-state index is 13.7. The van der Waals surface area contributed by atoms with Crippen LogP contribution in [0.5, 0.6) is 5.75 Å². The molecule has 0 aromatic heterocycles. The van der Waals surface area contributed by atoms with Gasteiger partial charge in [-0.05, 0) is 45.8 Å². The highest BCUT2D eigenvalue weighted by Gasteiger charge is 2.32. The van der Waals surface area contributed by atoms with E-state index in [2.05, 4.69) is 27.8 Å². The SMILES string of the molecule is C=CCN1C(=O)N/C(=C/c2cc(Cl)c(OCc3ccccc3F)c(Br)c2)C1=O. The van der Waals surface area contributed by atoms with Crippen molar-refractivity contribution in [1.82, 2.24) is 10.2 Å². The first-order chi connectivity index (χ1) is 13.4. The van der Waals surface area contributed by atoms with Gasteiger partial charge in [0, 0.05) is 12.1 Å². The molecule has 2 aromatic rings. The summed E-state index contributed by atoms with van der Waals surface area (Å²) in [5, 5.41) is 2.79. The predicted molar refractivity (Wildman–Crippen MR) is 108 cm³/mol. The number of urea groups is 1. The Bertz CT molecular complexity index is 970. The second kappa shape index (κ2) is 8.58. The Morgan fingerprint density at radius 1 is 1.29 bits per heavy atom. The molecule has 1 aliphatic rings. The van der Waals surface area contributed by atoms with Gasteiger partial charge in [0.25, 0.3) is 5.91 Å². The zero-order valence-corrected chi connectivity index (χ0v) is 16.9. The van der Waals surface area contributed by atoms with E-state index in [4.69, 9.17) is 16.3 Å². The molecule has 0 saturated carbocycles.